The number of furan rings is 1. The van der Waals surface area contributed by atoms with Gasteiger partial charge in [0.2, 0.25) is 0 Å². The molecule has 0 spiro atoms. The van der Waals surface area contributed by atoms with Gasteiger partial charge in [0, 0.05) is 17.4 Å². The summed E-state index contributed by atoms with van der Waals surface area (Å²) in [5.74, 6) is -0.0170. The normalized spacial score (nSPS) is 11.9. The van der Waals surface area contributed by atoms with Crippen molar-refractivity contribution >= 4 is 17.5 Å². The second kappa shape index (κ2) is 6.45. The van der Waals surface area contributed by atoms with Gasteiger partial charge >= 0.3 is 0 Å². The summed E-state index contributed by atoms with van der Waals surface area (Å²) < 4.78 is 5.14. The number of nitrogens with zero attached hydrogens (tertiary/aromatic N) is 1. The Labute approximate surface area is 132 Å². The fourth-order valence-corrected chi connectivity index (χ4v) is 2.30. The van der Waals surface area contributed by atoms with Crippen molar-refractivity contribution in [3.05, 3.63) is 89.1 Å². The van der Waals surface area contributed by atoms with Crippen LogP contribution in [0.5, 0.6) is 0 Å². The molecule has 1 atom stereocenters. The van der Waals surface area contributed by atoms with E-state index < -0.39 is 0 Å². The van der Waals surface area contributed by atoms with Crippen LogP contribution in [0.2, 0.25) is 5.02 Å². The molecule has 4 nitrogen and oxygen atoms in total. The summed E-state index contributed by atoms with van der Waals surface area (Å²) in [4.78, 5) is 16.4. The number of rotatable bonds is 4. The molecule has 1 N–H and O–H groups in total. The summed E-state index contributed by atoms with van der Waals surface area (Å²) in [7, 11) is 0. The lowest BCUT2D eigenvalue weighted by Gasteiger charge is -2.19. The Kier molecular flexibility index (Phi) is 4.21. The lowest BCUT2D eigenvalue weighted by Crippen LogP contribution is -2.29. The average Bonchev–Trinajstić information content (AvgIpc) is 3.09. The van der Waals surface area contributed by atoms with Crippen LogP contribution in [0, 0.1) is 0 Å². The van der Waals surface area contributed by atoms with Gasteiger partial charge in [-0.1, -0.05) is 29.8 Å². The molecule has 0 bridgehead atoms. The van der Waals surface area contributed by atoms with Crippen LogP contribution < -0.4 is 5.32 Å². The van der Waals surface area contributed by atoms with Crippen LogP contribution in [0.25, 0.3) is 0 Å². The average molecular weight is 313 g/mol. The molecule has 1 aromatic carbocycles. The van der Waals surface area contributed by atoms with Crippen molar-refractivity contribution in [2.45, 2.75) is 6.04 Å². The Balaban J connectivity index is 1.93. The van der Waals surface area contributed by atoms with Gasteiger partial charge in [-0.2, -0.15) is 0 Å². The predicted molar refractivity (Wildman–Crippen MR) is 83.7 cm³/mol. The quantitative estimate of drug-likeness (QED) is 0.796. The number of hydrogen-bond acceptors (Lipinski definition) is 3. The van der Waals surface area contributed by atoms with Crippen LogP contribution in [0.15, 0.2) is 71.6 Å². The molecular formula is C17H13ClN2O2. The van der Waals surface area contributed by atoms with E-state index in [9.17, 15) is 4.79 Å². The molecule has 0 aliphatic heterocycles. The van der Waals surface area contributed by atoms with Crippen LogP contribution in [0.3, 0.4) is 0 Å². The Bertz CT molecular complexity index is 740. The van der Waals surface area contributed by atoms with Gasteiger partial charge in [0.05, 0.1) is 12.3 Å². The van der Waals surface area contributed by atoms with Crippen molar-refractivity contribution in [2.24, 2.45) is 0 Å². The highest BCUT2D eigenvalue weighted by Crippen LogP contribution is 2.23. The maximum atomic E-state index is 12.3. The first-order chi connectivity index (χ1) is 10.7. The minimum atomic E-state index is -0.330. The summed E-state index contributed by atoms with van der Waals surface area (Å²) >= 11 is 5.93. The summed E-state index contributed by atoms with van der Waals surface area (Å²) in [6.07, 6.45) is 4.88. The molecule has 2 aromatic heterocycles. The van der Waals surface area contributed by atoms with Crippen LogP contribution in [0.4, 0.5) is 0 Å². The van der Waals surface area contributed by atoms with Gasteiger partial charge in [-0.15, -0.1) is 0 Å². The molecule has 5 heteroatoms. The lowest BCUT2D eigenvalue weighted by atomic mass is 10.00. The highest BCUT2D eigenvalue weighted by molar-refractivity contribution is 6.30. The third-order valence-electron chi connectivity index (χ3n) is 3.24. The standard InChI is InChI=1S/C17H13ClN2O2/c18-14-7-5-12(6-8-14)16(13-3-1-9-19-11-13)20-17(21)15-4-2-10-22-15/h1-11,16H,(H,20,21)/t16-/m0/s1. The number of carbonyl (C=O) groups excluding carboxylic acids is 1. The number of halogens is 1. The molecule has 2 heterocycles. The van der Waals surface area contributed by atoms with Crippen molar-refractivity contribution in [3.8, 4) is 0 Å². The molecule has 0 saturated heterocycles. The monoisotopic (exact) mass is 312 g/mol. The van der Waals surface area contributed by atoms with Crippen LogP contribution in [-0.4, -0.2) is 10.9 Å². The minimum Gasteiger partial charge on any atom is -0.459 e. The van der Waals surface area contributed by atoms with E-state index in [1.54, 1.807) is 36.7 Å². The van der Waals surface area contributed by atoms with E-state index in [0.29, 0.717) is 5.02 Å². The van der Waals surface area contributed by atoms with Gasteiger partial charge < -0.3 is 9.73 Å². The Morgan fingerprint density at radius 2 is 1.91 bits per heavy atom. The molecule has 22 heavy (non-hydrogen) atoms. The van der Waals surface area contributed by atoms with Gasteiger partial charge in [-0.25, -0.2) is 0 Å². The van der Waals surface area contributed by atoms with Crippen molar-refractivity contribution < 1.29 is 9.21 Å². The number of amides is 1. The smallest absolute Gasteiger partial charge is 0.287 e. The van der Waals surface area contributed by atoms with Crippen molar-refractivity contribution in [1.29, 1.82) is 0 Å². The van der Waals surface area contributed by atoms with E-state index in [1.165, 1.54) is 6.26 Å². The molecule has 0 aliphatic rings. The molecule has 3 rings (SSSR count). The first-order valence-electron chi connectivity index (χ1n) is 6.74. The van der Waals surface area contributed by atoms with E-state index in [-0.39, 0.29) is 17.7 Å². The fourth-order valence-electron chi connectivity index (χ4n) is 2.17. The fraction of sp³-hybridized carbons (Fsp3) is 0.0588. The highest BCUT2D eigenvalue weighted by atomic mass is 35.5. The number of hydrogen-bond donors (Lipinski definition) is 1. The van der Waals surface area contributed by atoms with Gasteiger partial charge in [0.1, 0.15) is 0 Å². The summed E-state index contributed by atoms with van der Waals surface area (Å²) in [5.41, 5.74) is 1.79. The summed E-state index contributed by atoms with van der Waals surface area (Å²) in [6, 6.07) is 14.0. The van der Waals surface area contributed by atoms with E-state index in [1.807, 2.05) is 24.3 Å². The molecule has 0 aliphatic carbocycles. The Morgan fingerprint density at radius 1 is 1.09 bits per heavy atom. The largest absolute Gasteiger partial charge is 0.459 e. The van der Waals surface area contributed by atoms with Gasteiger partial charge in [-0.3, -0.25) is 9.78 Å². The Morgan fingerprint density at radius 3 is 2.55 bits per heavy atom. The third kappa shape index (κ3) is 3.18. The van der Waals surface area contributed by atoms with Gasteiger partial charge in [0.15, 0.2) is 5.76 Å². The molecule has 0 fully saturated rings. The molecule has 110 valence electrons. The van der Waals surface area contributed by atoms with Crippen LogP contribution >= 0.6 is 11.6 Å². The summed E-state index contributed by atoms with van der Waals surface area (Å²) in [5, 5.41) is 3.60. The first kappa shape index (κ1) is 14.4. The van der Waals surface area contributed by atoms with Gasteiger partial charge in [-0.05, 0) is 41.5 Å². The molecule has 1 amide bonds. The number of carbonyl (C=O) groups is 1. The van der Waals surface area contributed by atoms with Crippen molar-refractivity contribution in [1.82, 2.24) is 10.3 Å². The van der Waals surface area contributed by atoms with E-state index >= 15 is 0 Å². The van der Waals surface area contributed by atoms with Crippen LogP contribution in [-0.2, 0) is 0 Å². The van der Waals surface area contributed by atoms with Crippen LogP contribution in [0.1, 0.15) is 27.7 Å². The topological polar surface area (TPSA) is 55.1 Å². The molecule has 0 radical (unpaired) electrons. The zero-order valence-electron chi connectivity index (χ0n) is 11.6. The second-order valence-corrected chi connectivity index (χ2v) is 5.16. The number of pyridine rings is 1. The minimum absolute atomic E-state index is 0.267. The Hall–Kier alpha value is -2.59. The predicted octanol–water partition coefficient (Wildman–Crippen LogP) is 3.85. The third-order valence-corrected chi connectivity index (χ3v) is 3.49. The SMILES string of the molecule is O=C(N[C@@H](c1ccc(Cl)cc1)c1cccnc1)c1ccco1. The van der Waals surface area contributed by atoms with Crippen molar-refractivity contribution in [2.75, 3.05) is 0 Å². The summed E-state index contributed by atoms with van der Waals surface area (Å²) in [6.45, 7) is 0. The first-order valence-corrected chi connectivity index (χ1v) is 7.11. The molecular weight excluding hydrogens is 300 g/mol. The zero-order chi connectivity index (χ0) is 15.4. The molecule has 3 aromatic rings. The number of aromatic nitrogens is 1. The lowest BCUT2D eigenvalue weighted by molar-refractivity contribution is 0.0915. The molecule has 0 saturated carbocycles. The van der Waals surface area contributed by atoms with E-state index in [2.05, 4.69) is 10.3 Å². The number of benzene rings is 1. The second-order valence-electron chi connectivity index (χ2n) is 4.72. The van der Waals surface area contributed by atoms with Gasteiger partial charge in [0.25, 0.3) is 5.91 Å². The zero-order valence-corrected chi connectivity index (χ0v) is 12.3. The molecule has 0 unspecified atom stereocenters. The van der Waals surface area contributed by atoms with E-state index in [4.69, 9.17) is 16.0 Å². The van der Waals surface area contributed by atoms with Crippen molar-refractivity contribution in [3.63, 3.8) is 0 Å². The number of nitrogens with one attached hydrogen (secondary N) is 1. The maximum absolute atomic E-state index is 12.3. The van der Waals surface area contributed by atoms with E-state index in [0.717, 1.165) is 11.1 Å². The maximum Gasteiger partial charge on any atom is 0.287 e. The highest BCUT2D eigenvalue weighted by Gasteiger charge is 2.19.